The fourth-order valence-electron chi connectivity index (χ4n) is 0.327. The number of aldehydes is 1. The van der Waals surface area contributed by atoms with E-state index in [-0.39, 0.29) is 6.61 Å². The standard InChI is InChI=1S/C5H10O.C5H8O.O2/c2*1-5(2)3-4-6;1-2/h6H,1,3-4H2,2H3;3-4H,1-2H3;. The van der Waals surface area contributed by atoms with E-state index in [1.807, 2.05) is 20.8 Å². The van der Waals surface area contributed by atoms with Crippen LogP contribution in [-0.2, 0) is 4.79 Å². The van der Waals surface area contributed by atoms with Crippen LogP contribution in [0.4, 0.5) is 0 Å². The first-order valence-electron chi connectivity index (χ1n) is 4.05. The summed E-state index contributed by atoms with van der Waals surface area (Å²) >= 11 is 0. The van der Waals surface area contributed by atoms with Gasteiger partial charge in [0, 0.05) is 16.5 Å². The molecule has 0 amide bonds. The van der Waals surface area contributed by atoms with Crippen molar-refractivity contribution in [2.45, 2.75) is 27.2 Å². The molecule has 0 aromatic rings. The van der Waals surface area contributed by atoms with Crippen molar-refractivity contribution >= 4 is 6.29 Å². The molecule has 0 bridgehead atoms. The summed E-state index contributed by atoms with van der Waals surface area (Å²) in [6, 6.07) is 0. The maximum Gasteiger partial charge on any atom is 0.142 e. The Labute approximate surface area is 84.5 Å². The fourth-order valence-corrected chi connectivity index (χ4v) is 0.327. The summed E-state index contributed by atoms with van der Waals surface area (Å²) in [5.41, 5.74) is 2.09. The van der Waals surface area contributed by atoms with Crippen LogP contribution in [0.5, 0.6) is 0 Å². The van der Waals surface area contributed by atoms with Crippen molar-refractivity contribution in [1.82, 2.24) is 0 Å². The summed E-state index contributed by atoms with van der Waals surface area (Å²) in [6.45, 7) is 9.48. The van der Waals surface area contributed by atoms with Crippen LogP contribution in [0.1, 0.15) is 27.2 Å². The van der Waals surface area contributed by atoms with Crippen molar-refractivity contribution in [1.29, 1.82) is 0 Å². The van der Waals surface area contributed by atoms with Gasteiger partial charge in [-0.05, 0) is 33.3 Å². The lowest BCUT2D eigenvalue weighted by atomic mass is 10.3. The van der Waals surface area contributed by atoms with Crippen LogP contribution in [0.3, 0.4) is 0 Å². The van der Waals surface area contributed by atoms with E-state index in [2.05, 4.69) is 6.58 Å². The molecule has 0 aliphatic heterocycles. The SMILES string of the molecule is C=C(C)CCO.CC(C)=CC=O.O=O. The first-order chi connectivity index (χ1) is 6.54. The molecule has 0 fully saturated rings. The van der Waals surface area contributed by atoms with Gasteiger partial charge in [0.2, 0.25) is 0 Å². The van der Waals surface area contributed by atoms with Gasteiger partial charge in [0.25, 0.3) is 0 Å². The summed E-state index contributed by atoms with van der Waals surface area (Å²) < 4.78 is 0. The van der Waals surface area contributed by atoms with E-state index in [4.69, 9.17) is 15.0 Å². The van der Waals surface area contributed by atoms with Crippen molar-refractivity contribution in [2.24, 2.45) is 0 Å². The lowest BCUT2D eigenvalue weighted by Gasteiger charge is -1.87. The highest BCUT2D eigenvalue weighted by atomic mass is 16.7. The number of aliphatic hydroxyl groups excluding tert-OH is 1. The number of carbonyl (C=O) groups excluding carboxylic acids is 1. The Morgan fingerprint density at radius 1 is 1.29 bits per heavy atom. The molecule has 0 saturated heterocycles. The van der Waals surface area contributed by atoms with Crippen LogP contribution in [0.25, 0.3) is 0 Å². The highest BCUT2D eigenvalue weighted by Crippen LogP contribution is 1.90. The van der Waals surface area contributed by atoms with Gasteiger partial charge in [0.15, 0.2) is 0 Å². The third-order valence-electron chi connectivity index (χ3n) is 0.940. The largest absolute Gasteiger partial charge is 0.396 e. The van der Waals surface area contributed by atoms with Gasteiger partial charge in [-0.25, -0.2) is 0 Å². The van der Waals surface area contributed by atoms with Gasteiger partial charge in [0.05, 0.1) is 0 Å². The lowest BCUT2D eigenvalue weighted by molar-refractivity contribution is -0.104. The van der Waals surface area contributed by atoms with Crippen LogP contribution in [0.2, 0.25) is 0 Å². The smallest absolute Gasteiger partial charge is 0.142 e. The molecule has 0 rings (SSSR count). The highest BCUT2D eigenvalue weighted by Gasteiger charge is 1.77. The average molecular weight is 202 g/mol. The molecule has 0 aliphatic carbocycles. The maximum absolute atomic E-state index is 9.54. The van der Waals surface area contributed by atoms with Crippen LogP contribution in [-0.4, -0.2) is 18.0 Å². The lowest BCUT2D eigenvalue weighted by Crippen LogP contribution is -1.79. The molecule has 0 aromatic heterocycles. The molecular weight excluding hydrogens is 184 g/mol. The summed E-state index contributed by atoms with van der Waals surface area (Å²) in [4.78, 5) is 23.5. The van der Waals surface area contributed by atoms with Gasteiger partial charge in [-0.1, -0.05) is 11.1 Å². The Kier molecular flexibility index (Phi) is 23.4. The van der Waals surface area contributed by atoms with E-state index in [1.165, 1.54) is 6.08 Å². The van der Waals surface area contributed by atoms with E-state index >= 15 is 0 Å². The summed E-state index contributed by atoms with van der Waals surface area (Å²) in [7, 11) is 0. The number of carbonyl (C=O) groups is 1. The van der Waals surface area contributed by atoms with Gasteiger partial charge < -0.3 is 5.11 Å². The van der Waals surface area contributed by atoms with Crippen molar-refractivity contribution in [2.75, 3.05) is 6.61 Å². The number of rotatable bonds is 3. The minimum Gasteiger partial charge on any atom is -0.396 e. The molecule has 0 atom stereocenters. The van der Waals surface area contributed by atoms with E-state index in [0.717, 1.165) is 23.9 Å². The molecule has 0 radical (unpaired) electrons. The monoisotopic (exact) mass is 202 g/mol. The fraction of sp³-hybridized carbons (Fsp3) is 0.500. The predicted molar refractivity (Wildman–Crippen MR) is 58.7 cm³/mol. The quantitative estimate of drug-likeness (QED) is 0.432. The molecule has 0 aromatic carbocycles. The van der Waals surface area contributed by atoms with Gasteiger partial charge in [-0.3, -0.25) is 4.79 Å². The van der Waals surface area contributed by atoms with Crippen molar-refractivity contribution in [3.63, 3.8) is 0 Å². The van der Waals surface area contributed by atoms with Gasteiger partial charge in [-0.15, -0.1) is 6.58 Å². The zero-order valence-corrected chi connectivity index (χ0v) is 8.95. The Morgan fingerprint density at radius 2 is 1.71 bits per heavy atom. The minimum atomic E-state index is 0.231. The Balaban J connectivity index is -0.000000147. The third kappa shape index (κ3) is 45.5. The van der Waals surface area contributed by atoms with Crippen molar-refractivity contribution in [3.8, 4) is 0 Å². The molecule has 82 valence electrons. The zero-order chi connectivity index (χ0) is 12.0. The maximum atomic E-state index is 9.54. The highest BCUT2D eigenvalue weighted by molar-refractivity contribution is 5.65. The number of aliphatic hydroxyl groups is 1. The van der Waals surface area contributed by atoms with Gasteiger partial charge in [0.1, 0.15) is 6.29 Å². The van der Waals surface area contributed by atoms with E-state index in [0.29, 0.717) is 0 Å². The average Bonchev–Trinajstić information content (AvgIpc) is 2.08. The topological polar surface area (TPSA) is 71.4 Å². The molecule has 1 N–H and O–H groups in total. The second-order valence-electron chi connectivity index (χ2n) is 2.81. The first-order valence-corrected chi connectivity index (χ1v) is 4.05. The molecule has 0 unspecified atom stereocenters. The predicted octanol–water partition coefficient (Wildman–Crippen LogP) is 2.16. The molecule has 4 heteroatoms. The first kappa shape index (κ1) is 18.5. The summed E-state index contributed by atoms with van der Waals surface area (Å²) in [5, 5.41) is 8.18. The summed E-state index contributed by atoms with van der Waals surface area (Å²) in [5.74, 6) is 0. The molecule has 0 aliphatic rings. The molecular formula is C10H18O4. The second-order valence-corrected chi connectivity index (χ2v) is 2.81. The van der Waals surface area contributed by atoms with Crippen molar-refractivity contribution in [3.05, 3.63) is 33.7 Å². The minimum absolute atomic E-state index is 0.231. The zero-order valence-electron chi connectivity index (χ0n) is 8.95. The number of hydrogen-bond donors (Lipinski definition) is 1. The van der Waals surface area contributed by atoms with Crippen LogP contribution in [0, 0.1) is 9.93 Å². The number of hydrogen-bond acceptors (Lipinski definition) is 4. The molecule has 0 saturated carbocycles. The Hall–Kier alpha value is -1.29. The summed E-state index contributed by atoms with van der Waals surface area (Å²) in [6.07, 6.45) is 3.05. The Bertz CT molecular complexity index is 169. The third-order valence-corrected chi connectivity index (χ3v) is 0.940. The van der Waals surface area contributed by atoms with Crippen LogP contribution >= 0.6 is 0 Å². The molecule has 4 nitrogen and oxygen atoms in total. The van der Waals surface area contributed by atoms with Crippen LogP contribution in [0.15, 0.2) is 23.8 Å². The van der Waals surface area contributed by atoms with E-state index < -0.39 is 0 Å². The molecule has 0 spiro atoms. The Morgan fingerprint density at radius 3 is 1.71 bits per heavy atom. The molecule has 14 heavy (non-hydrogen) atoms. The normalized spacial score (nSPS) is 6.86. The van der Waals surface area contributed by atoms with E-state index in [9.17, 15) is 4.79 Å². The van der Waals surface area contributed by atoms with Crippen molar-refractivity contribution < 1.29 is 9.90 Å². The van der Waals surface area contributed by atoms with Gasteiger partial charge in [-0.2, -0.15) is 0 Å². The van der Waals surface area contributed by atoms with Crippen LogP contribution < -0.4 is 0 Å². The molecule has 0 heterocycles. The van der Waals surface area contributed by atoms with Gasteiger partial charge >= 0.3 is 0 Å². The van der Waals surface area contributed by atoms with E-state index in [1.54, 1.807) is 0 Å². The number of allylic oxidation sites excluding steroid dienone is 2. The second kappa shape index (κ2) is 17.7.